The van der Waals surface area contributed by atoms with Crippen LogP contribution in [-0.4, -0.2) is 21.9 Å². The Labute approximate surface area is 134 Å². The summed E-state index contributed by atoms with van der Waals surface area (Å²) >= 11 is 4.83. The molecule has 1 aromatic carbocycles. The first-order valence-electron chi connectivity index (χ1n) is 6.89. The second-order valence-electron chi connectivity index (χ2n) is 6.10. The second-order valence-corrected chi connectivity index (χ2v) is 6.49. The molecule has 1 aromatic heterocycles. The van der Waals surface area contributed by atoms with Gasteiger partial charge in [-0.15, -0.1) is 0 Å². The number of aliphatic hydroxyl groups is 1. The van der Waals surface area contributed by atoms with Gasteiger partial charge in [0.15, 0.2) is 5.05 Å². The number of amides is 1. The molecule has 0 saturated carbocycles. The Morgan fingerprint density at radius 3 is 2.64 bits per heavy atom. The van der Waals surface area contributed by atoms with Crippen molar-refractivity contribution in [3.8, 4) is 0 Å². The van der Waals surface area contributed by atoms with E-state index in [-0.39, 0.29) is 11.6 Å². The summed E-state index contributed by atoms with van der Waals surface area (Å²) < 4.78 is 10.8. The fraction of sp³-hybridized carbons (Fsp3) is 0.375. The number of aliphatic hydroxyl groups excluding tert-OH is 1. The van der Waals surface area contributed by atoms with Crippen LogP contribution < -0.4 is 5.32 Å². The van der Waals surface area contributed by atoms with Crippen LogP contribution >= 0.6 is 12.2 Å². The maximum absolute atomic E-state index is 11.6. The number of fused-ring (bicyclic) bond motifs is 1. The molecule has 0 saturated heterocycles. The Balaban J connectivity index is 2.18. The van der Waals surface area contributed by atoms with Gasteiger partial charge in [-0.25, -0.2) is 4.79 Å². The zero-order valence-electron chi connectivity index (χ0n) is 13.0. The summed E-state index contributed by atoms with van der Waals surface area (Å²) in [6, 6.07) is 5.50. The monoisotopic (exact) mass is 321 g/mol. The van der Waals surface area contributed by atoms with Gasteiger partial charge in [0.1, 0.15) is 16.9 Å². The van der Waals surface area contributed by atoms with Crippen molar-refractivity contribution in [2.24, 2.45) is 0 Å². The largest absolute Gasteiger partial charge is 0.498 e. The molecule has 2 rings (SSSR count). The highest BCUT2D eigenvalue weighted by Crippen LogP contribution is 2.25. The highest BCUT2D eigenvalue weighted by Gasteiger charge is 2.17. The van der Waals surface area contributed by atoms with E-state index < -0.39 is 11.7 Å². The molecule has 0 spiro atoms. The topological polar surface area (TPSA) is 71.7 Å². The van der Waals surface area contributed by atoms with E-state index in [0.29, 0.717) is 16.9 Å². The van der Waals surface area contributed by atoms with Gasteiger partial charge in [-0.05, 0) is 63.7 Å². The lowest BCUT2D eigenvalue weighted by atomic mass is 10.1. The molecule has 0 bridgehead atoms. The highest BCUT2D eigenvalue weighted by atomic mass is 32.1. The van der Waals surface area contributed by atoms with Gasteiger partial charge in [0.05, 0.1) is 12.1 Å². The van der Waals surface area contributed by atoms with Crippen LogP contribution in [0.4, 0.5) is 4.79 Å². The molecule has 5 nitrogen and oxygen atoms in total. The molecule has 0 aliphatic rings. The first kappa shape index (κ1) is 16.3. The minimum atomic E-state index is -0.550. The number of nitrogens with one attached hydrogen (secondary N) is 1. The Bertz CT molecular complexity index is 728. The van der Waals surface area contributed by atoms with Crippen LogP contribution in [0, 0.1) is 6.92 Å². The molecule has 2 N–H and O–H groups in total. The van der Waals surface area contributed by atoms with Crippen molar-refractivity contribution in [1.82, 2.24) is 5.32 Å². The van der Waals surface area contributed by atoms with E-state index in [1.165, 1.54) is 0 Å². The predicted octanol–water partition coefficient (Wildman–Crippen LogP) is 4.00. The third-order valence-electron chi connectivity index (χ3n) is 2.85. The maximum atomic E-state index is 11.6. The summed E-state index contributed by atoms with van der Waals surface area (Å²) in [4.78, 5) is 11.6. The van der Waals surface area contributed by atoms with Gasteiger partial charge in [-0.1, -0.05) is 0 Å². The quantitative estimate of drug-likeness (QED) is 0.836. The third kappa shape index (κ3) is 3.98. The molecule has 1 amide bonds. The lowest BCUT2D eigenvalue weighted by Gasteiger charge is -2.19. The lowest BCUT2D eigenvalue weighted by Crippen LogP contribution is -2.32. The smallest absolute Gasteiger partial charge is 0.408 e. The van der Waals surface area contributed by atoms with Gasteiger partial charge in [-0.3, -0.25) is 0 Å². The van der Waals surface area contributed by atoms with Crippen molar-refractivity contribution in [3.63, 3.8) is 0 Å². The number of thiocarbonyl (C=S) groups is 1. The zero-order chi connectivity index (χ0) is 16.5. The first-order chi connectivity index (χ1) is 10.2. The Kier molecular flexibility index (Phi) is 4.42. The van der Waals surface area contributed by atoms with E-state index >= 15 is 0 Å². The van der Waals surface area contributed by atoms with E-state index in [0.717, 1.165) is 10.9 Å². The number of ether oxygens (including phenoxy) is 1. The van der Waals surface area contributed by atoms with Gasteiger partial charge >= 0.3 is 6.09 Å². The number of alkyl carbamates (subject to hydrolysis) is 1. The fourth-order valence-corrected chi connectivity index (χ4v) is 2.23. The van der Waals surface area contributed by atoms with Crippen molar-refractivity contribution in [2.45, 2.75) is 39.8 Å². The normalized spacial score (nSPS) is 11.5. The van der Waals surface area contributed by atoms with E-state index in [1.807, 2.05) is 19.1 Å². The van der Waals surface area contributed by atoms with E-state index in [9.17, 15) is 9.90 Å². The van der Waals surface area contributed by atoms with E-state index in [4.69, 9.17) is 21.4 Å². The summed E-state index contributed by atoms with van der Waals surface area (Å²) in [5, 5.41) is 12.8. The third-order valence-corrected chi connectivity index (χ3v) is 3.07. The standard InChI is InChI=1S/C16H19NO4S/c1-9-5-10-7-11(8-17-15(19)21-16(2,3)4)20-13(10)12(6-9)14(18)22/h5-7H,8H2,1-4H3,(H,17,19)(H,18,22). The molecular formula is C16H19NO4S. The van der Waals surface area contributed by atoms with E-state index in [2.05, 4.69) is 5.32 Å². The molecule has 0 fully saturated rings. The maximum Gasteiger partial charge on any atom is 0.408 e. The number of hydrogen-bond donors (Lipinski definition) is 2. The second kappa shape index (κ2) is 5.96. The SMILES string of the molecule is Cc1cc(C(O)=S)c2oc(CNC(=O)OC(C)(C)C)cc2c1. The molecular weight excluding hydrogens is 302 g/mol. The number of aryl methyl sites for hydroxylation is 1. The highest BCUT2D eigenvalue weighted by molar-refractivity contribution is 7.80. The molecule has 0 unspecified atom stereocenters. The van der Waals surface area contributed by atoms with Crippen molar-refractivity contribution in [1.29, 1.82) is 0 Å². The number of carbonyl (C=O) groups excluding carboxylic acids is 1. The molecule has 1 heterocycles. The molecule has 118 valence electrons. The average Bonchev–Trinajstić information content (AvgIpc) is 2.75. The molecule has 2 aromatic rings. The van der Waals surface area contributed by atoms with Gasteiger partial charge in [0.2, 0.25) is 0 Å². The molecule has 0 radical (unpaired) electrons. The van der Waals surface area contributed by atoms with Crippen LogP contribution in [0.2, 0.25) is 0 Å². The predicted molar refractivity (Wildman–Crippen MR) is 88.4 cm³/mol. The molecule has 22 heavy (non-hydrogen) atoms. The van der Waals surface area contributed by atoms with Gasteiger partial charge in [0.25, 0.3) is 0 Å². The van der Waals surface area contributed by atoms with Crippen LogP contribution in [0.5, 0.6) is 0 Å². The summed E-state index contributed by atoms with van der Waals surface area (Å²) in [6.07, 6.45) is -0.512. The number of carbonyl (C=O) groups is 1. The van der Waals surface area contributed by atoms with Gasteiger partial charge < -0.3 is 19.6 Å². The van der Waals surface area contributed by atoms with Crippen LogP contribution in [0.25, 0.3) is 11.0 Å². The lowest BCUT2D eigenvalue weighted by molar-refractivity contribution is 0.0520. The molecule has 6 heteroatoms. The van der Waals surface area contributed by atoms with E-state index in [1.54, 1.807) is 26.8 Å². The summed E-state index contributed by atoms with van der Waals surface area (Å²) in [6.45, 7) is 7.49. The number of furan rings is 1. The van der Waals surface area contributed by atoms with Crippen molar-refractivity contribution in [2.75, 3.05) is 0 Å². The Morgan fingerprint density at radius 2 is 2.05 bits per heavy atom. The summed E-state index contributed by atoms with van der Waals surface area (Å²) in [7, 11) is 0. The minimum Gasteiger partial charge on any atom is -0.498 e. The van der Waals surface area contributed by atoms with Crippen molar-refractivity contribution >= 4 is 34.3 Å². The zero-order valence-corrected chi connectivity index (χ0v) is 13.8. The first-order valence-corrected chi connectivity index (χ1v) is 7.30. The molecule has 0 aliphatic carbocycles. The molecule has 0 aliphatic heterocycles. The van der Waals surface area contributed by atoms with Crippen LogP contribution in [0.15, 0.2) is 22.6 Å². The number of benzene rings is 1. The van der Waals surface area contributed by atoms with Crippen molar-refractivity contribution in [3.05, 3.63) is 35.1 Å². The molecule has 0 atom stereocenters. The Morgan fingerprint density at radius 1 is 1.36 bits per heavy atom. The summed E-state index contributed by atoms with van der Waals surface area (Å²) in [5.74, 6) is 0.559. The van der Waals surface area contributed by atoms with Crippen LogP contribution in [0.1, 0.15) is 37.7 Å². The number of hydrogen-bond acceptors (Lipinski definition) is 4. The van der Waals surface area contributed by atoms with Crippen LogP contribution in [0.3, 0.4) is 0 Å². The Hall–Kier alpha value is -2.08. The average molecular weight is 321 g/mol. The van der Waals surface area contributed by atoms with Gasteiger partial charge in [-0.2, -0.15) is 0 Å². The van der Waals surface area contributed by atoms with Crippen LogP contribution in [-0.2, 0) is 11.3 Å². The minimum absolute atomic E-state index is 0.195. The fourth-order valence-electron chi connectivity index (χ4n) is 2.08. The van der Waals surface area contributed by atoms with Crippen molar-refractivity contribution < 1.29 is 19.1 Å². The van der Waals surface area contributed by atoms with Gasteiger partial charge in [0, 0.05) is 5.39 Å². The summed E-state index contributed by atoms with van der Waals surface area (Å²) in [5.41, 5.74) is 1.41. The number of rotatable bonds is 3.